The maximum Gasteiger partial charge on any atom is 1.00 e. The van der Waals surface area contributed by atoms with Crippen LogP contribution in [0.4, 0.5) is 0 Å². The average molecular weight is 84.0 g/mol. The van der Waals surface area contributed by atoms with E-state index in [1.807, 2.05) is 0 Å². The zero-order valence-electron chi connectivity index (χ0n) is 4.23. The van der Waals surface area contributed by atoms with Gasteiger partial charge in [-0.1, -0.05) is 0 Å². The Morgan fingerprint density at radius 2 is 2.33 bits per heavy atom. The smallest absolute Gasteiger partial charge is 0.853 e. The molecule has 0 aromatic carbocycles. The van der Waals surface area contributed by atoms with Crippen molar-refractivity contribution in [3.63, 3.8) is 0 Å². The van der Waals surface area contributed by atoms with Crippen LogP contribution in [0.1, 0.15) is 1.43 Å². The van der Waals surface area contributed by atoms with Gasteiger partial charge >= 0.3 is 18.9 Å². The summed E-state index contributed by atoms with van der Waals surface area (Å²) in [6.07, 6.45) is 0. The van der Waals surface area contributed by atoms with Gasteiger partial charge < -0.3 is 9.84 Å². The summed E-state index contributed by atoms with van der Waals surface area (Å²) in [7, 11) is 1.51. The molecular weight excluding hydrogens is 75.0 g/mol. The second-order valence-corrected chi connectivity index (χ2v) is 0.697. The van der Waals surface area contributed by atoms with Crippen LogP contribution in [0.15, 0.2) is 0 Å². The molecule has 0 aromatic rings. The van der Waals surface area contributed by atoms with Gasteiger partial charge in [-0.3, -0.25) is 0 Å². The molecule has 3 heteroatoms. The van der Waals surface area contributed by atoms with E-state index in [0.29, 0.717) is 6.61 Å². The van der Waals surface area contributed by atoms with Gasteiger partial charge in [0.05, 0.1) is 0 Å². The molecule has 0 aliphatic heterocycles. The van der Waals surface area contributed by atoms with Crippen LogP contribution in [0.3, 0.4) is 0 Å². The summed E-state index contributed by atoms with van der Waals surface area (Å²) in [4.78, 5) is 0. The van der Waals surface area contributed by atoms with Crippen LogP contribution in [0.5, 0.6) is 0 Å². The molecule has 0 aliphatic rings. The maximum atomic E-state index is 9.40. The minimum Gasteiger partial charge on any atom is -0.853 e. The summed E-state index contributed by atoms with van der Waals surface area (Å²) in [6.45, 7) is 0.205. The third kappa shape index (κ3) is 8.82. The summed E-state index contributed by atoms with van der Waals surface area (Å²) in [5.41, 5.74) is 0. The topological polar surface area (TPSA) is 32.3 Å². The number of hydrogen-bond acceptors (Lipinski definition) is 2. The van der Waals surface area contributed by atoms with Gasteiger partial charge in [0.25, 0.3) is 0 Å². The van der Waals surface area contributed by atoms with Crippen LogP contribution in [0.2, 0.25) is 0 Å². The second-order valence-electron chi connectivity index (χ2n) is 0.697. The number of hydrogen-bond donors (Lipinski definition) is 0. The zero-order chi connectivity index (χ0) is 4.12. The van der Waals surface area contributed by atoms with E-state index in [2.05, 4.69) is 4.74 Å². The predicted octanol–water partition coefficient (Wildman–Crippen LogP) is -3.76. The molecule has 6 heavy (non-hydrogen) atoms. The number of methoxy groups -OCH3 is 1. The first kappa shape index (κ1) is 9.72. The molecule has 0 fully saturated rings. The molecule has 0 spiro atoms. The SMILES string of the molecule is COCC[O-].[HH].[Li+]. The van der Waals surface area contributed by atoms with E-state index in [4.69, 9.17) is 0 Å². The van der Waals surface area contributed by atoms with Gasteiger partial charge in [0.2, 0.25) is 0 Å². The molecule has 0 radical (unpaired) electrons. The molecule has 0 aliphatic carbocycles. The van der Waals surface area contributed by atoms with Crippen LogP contribution < -0.4 is 24.0 Å². The summed E-state index contributed by atoms with van der Waals surface area (Å²) in [6, 6.07) is 0. The molecule has 0 bridgehead atoms. The Balaban J connectivity index is -0.0000000800. The molecular formula is C3H9LiO2. The third-order valence-electron chi connectivity index (χ3n) is 0.287. The van der Waals surface area contributed by atoms with E-state index < -0.39 is 0 Å². The molecule has 34 valence electrons. The van der Waals surface area contributed by atoms with E-state index in [0.717, 1.165) is 0 Å². The monoisotopic (exact) mass is 84.1 g/mol. The van der Waals surface area contributed by atoms with Gasteiger partial charge in [0.1, 0.15) is 0 Å². The van der Waals surface area contributed by atoms with Crippen LogP contribution in [0.25, 0.3) is 0 Å². The minimum absolute atomic E-state index is 0. The standard InChI is InChI=1S/C3H7O2.Li.H2/c1-5-3-2-4;;/h2-3H2,1H3;;1H/q-1;+1;. The van der Waals surface area contributed by atoms with Crippen molar-refractivity contribution in [2.45, 2.75) is 0 Å². The molecule has 0 amide bonds. The Morgan fingerprint density at radius 1 is 1.83 bits per heavy atom. The largest absolute Gasteiger partial charge is 1.00 e. The van der Waals surface area contributed by atoms with Crippen molar-refractivity contribution in [3.8, 4) is 0 Å². The van der Waals surface area contributed by atoms with Crippen molar-refractivity contribution in [3.05, 3.63) is 0 Å². The van der Waals surface area contributed by atoms with Gasteiger partial charge in [0, 0.05) is 15.1 Å². The Kier molecular flexibility index (Phi) is 14.7. The fraction of sp³-hybridized carbons (Fsp3) is 1.00. The summed E-state index contributed by atoms with van der Waals surface area (Å²) in [5, 5.41) is 9.40. The quantitative estimate of drug-likeness (QED) is 0.322. The van der Waals surface area contributed by atoms with Crippen LogP contribution in [-0.4, -0.2) is 20.3 Å². The van der Waals surface area contributed by atoms with Crippen molar-refractivity contribution >= 4 is 0 Å². The fourth-order valence-electron chi connectivity index (χ4n) is 0.0833. The van der Waals surface area contributed by atoms with E-state index >= 15 is 0 Å². The first-order chi connectivity index (χ1) is 2.41. The second kappa shape index (κ2) is 9.10. The van der Waals surface area contributed by atoms with Crippen LogP contribution in [0, 0.1) is 0 Å². The molecule has 0 unspecified atom stereocenters. The van der Waals surface area contributed by atoms with Gasteiger partial charge in [-0.15, -0.1) is 6.61 Å². The summed E-state index contributed by atoms with van der Waals surface area (Å²) < 4.78 is 4.38. The van der Waals surface area contributed by atoms with E-state index in [1.165, 1.54) is 7.11 Å². The Labute approximate surface area is 51.2 Å². The molecule has 0 saturated heterocycles. The first-order valence-electron chi connectivity index (χ1n) is 1.49. The molecule has 2 nitrogen and oxygen atoms in total. The molecule has 0 heterocycles. The maximum absolute atomic E-state index is 9.40. The molecule has 0 aromatic heterocycles. The van der Waals surface area contributed by atoms with Gasteiger partial charge in [-0.05, 0) is 0 Å². The van der Waals surface area contributed by atoms with E-state index in [1.54, 1.807) is 0 Å². The normalized spacial score (nSPS) is 7.00. The predicted molar refractivity (Wildman–Crippen MR) is 18.9 cm³/mol. The molecule has 0 rings (SSSR count). The van der Waals surface area contributed by atoms with Crippen LogP contribution >= 0.6 is 0 Å². The summed E-state index contributed by atoms with van der Waals surface area (Å²) in [5.74, 6) is 0. The Bertz CT molecular complexity index is 20.4. The van der Waals surface area contributed by atoms with E-state index in [9.17, 15) is 5.11 Å². The van der Waals surface area contributed by atoms with E-state index in [-0.39, 0.29) is 26.9 Å². The number of rotatable bonds is 2. The minimum atomic E-state index is -0.128. The average Bonchev–Trinajstić information content (AvgIpc) is 1.41. The van der Waals surface area contributed by atoms with Gasteiger partial charge in [-0.2, -0.15) is 0 Å². The van der Waals surface area contributed by atoms with Crippen molar-refractivity contribution in [1.29, 1.82) is 0 Å². The Morgan fingerprint density at radius 3 is 2.33 bits per heavy atom. The van der Waals surface area contributed by atoms with Crippen molar-refractivity contribution < 1.29 is 30.1 Å². The van der Waals surface area contributed by atoms with Crippen molar-refractivity contribution in [2.75, 3.05) is 20.3 Å². The molecule has 0 saturated carbocycles. The first-order valence-corrected chi connectivity index (χ1v) is 1.49. The zero-order valence-corrected chi connectivity index (χ0v) is 4.23. The van der Waals surface area contributed by atoms with Gasteiger partial charge in [-0.25, -0.2) is 0 Å². The summed E-state index contributed by atoms with van der Waals surface area (Å²) >= 11 is 0. The van der Waals surface area contributed by atoms with Crippen molar-refractivity contribution in [1.82, 2.24) is 0 Å². The molecule has 0 N–H and O–H groups in total. The van der Waals surface area contributed by atoms with Gasteiger partial charge in [0.15, 0.2) is 0 Å². The third-order valence-corrected chi connectivity index (χ3v) is 0.287. The number of ether oxygens (including phenoxy) is 1. The van der Waals surface area contributed by atoms with Crippen LogP contribution in [-0.2, 0) is 4.74 Å². The fourth-order valence-corrected chi connectivity index (χ4v) is 0.0833. The molecule has 0 atom stereocenters. The Hall–Kier alpha value is 0.517. The van der Waals surface area contributed by atoms with Crippen molar-refractivity contribution in [2.24, 2.45) is 0 Å².